The molecule has 0 atom stereocenters. The molecule has 0 aliphatic carbocycles. The summed E-state index contributed by atoms with van der Waals surface area (Å²) in [5.41, 5.74) is 1.21. The van der Waals surface area contributed by atoms with Crippen LogP contribution in [0.15, 0.2) is 24.3 Å². The van der Waals surface area contributed by atoms with Gasteiger partial charge in [0.15, 0.2) is 0 Å². The average molecular weight is 239 g/mol. The van der Waals surface area contributed by atoms with E-state index in [2.05, 4.69) is 31.5 Å². The van der Waals surface area contributed by atoms with Crippen molar-refractivity contribution in [3.8, 4) is 5.75 Å². The lowest BCUT2D eigenvalue weighted by atomic mass is 10.1. The molecule has 90 valence electrons. The second kappa shape index (κ2) is 6.16. The minimum atomic E-state index is 0.280. The number of ether oxygens (including phenoxy) is 1. The van der Waals surface area contributed by atoms with Crippen LogP contribution in [-0.2, 0) is 6.54 Å². The molecule has 1 aromatic carbocycles. The summed E-state index contributed by atoms with van der Waals surface area (Å²) in [6, 6.07) is 8.13. The third kappa shape index (κ3) is 4.06. The summed E-state index contributed by atoms with van der Waals surface area (Å²) < 4.78 is 5.59. The Balaban J connectivity index is 2.49. The van der Waals surface area contributed by atoms with E-state index in [9.17, 15) is 0 Å². The summed E-state index contributed by atoms with van der Waals surface area (Å²) in [7, 11) is 1.71. The number of hydrogen-bond donors (Lipinski definition) is 1. The Morgan fingerprint density at radius 2 is 2.00 bits per heavy atom. The Bertz CT molecular complexity index is 325. The highest BCUT2D eigenvalue weighted by molar-refractivity contribution is 7.99. The zero-order valence-corrected chi connectivity index (χ0v) is 11.4. The largest absolute Gasteiger partial charge is 0.496 e. The molecule has 0 unspecified atom stereocenters. The molecule has 0 amide bonds. The molecule has 0 fully saturated rings. The Kier molecular flexibility index (Phi) is 5.16. The molecule has 3 heteroatoms. The maximum absolute atomic E-state index is 5.31. The normalized spacial score (nSPS) is 11.5. The predicted octanol–water partition coefficient (Wildman–Crippen LogP) is 2.93. The van der Waals surface area contributed by atoms with Crippen molar-refractivity contribution >= 4 is 11.8 Å². The van der Waals surface area contributed by atoms with E-state index in [0.717, 1.165) is 18.8 Å². The van der Waals surface area contributed by atoms with Crippen molar-refractivity contribution in [1.29, 1.82) is 0 Å². The summed E-state index contributed by atoms with van der Waals surface area (Å²) >= 11 is 1.88. The molecule has 0 saturated carbocycles. The van der Waals surface area contributed by atoms with Crippen molar-refractivity contribution in [2.75, 3.05) is 19.9 Å². The molecule has 0 aliphatic rings. The number of rotatable bonds is 6. The standard InChI is InChI=1S/C13H21NOS/c1-13(2,16-4)10-14-9-11-7-5-6-8-12(11)15-3/h5-8,14H,9-10H2,1-4H3. The van der Waals surface area contributed by atoms with Gasteiger partial charge in [0.25, 0.3) is 0 Å². The quantitative estimate of drug-likeness (QED) is 0.824. The monoisotopic (exact) mass is 239 g/mol. The first kappa shape index (κ1) is 13.4. The molecule has 1 rings (SSSR count). The topological polar surface area (TPSA) is 21.3 Å². The first-order chi connectivity index (χ1) is 7.59. The molecule has 2 nitrogen and oxygen atoms in total. The van der Waals surface area contributed by atoms with Gasteiger partial charge in [-0.05, 0) is 26.2 Å². The van der Waals surface area contributed by atoms with Crippen molar-refractivity contribution in [2.45, 2.75) is 25.1 Å². The van der Waals surface area contributed by atoms with E-state index in [4.69, 9.17) is 4.74 Å². The molecule has 1 aromatic rings. The smallest absolute Gasteiger partial charge is 0.123 e. The van der Waals surface area contributed by atoms with Crippen molar-refractivity contribution in [2.24, 2.45) is 0 Å². The predicted molar refractivity (Wildman–Crippen MR) is 72.3 cm³/mol. The highest BCUT2D eigenvalue weighted by Gasteiger charge is 2.15. The van der Waals surface area contributed by atoms with Crippen LogP contribution in [-0.4, -0.2) is 24.7 Å². The van der Waals surface area contributed by atoms with Crippen LogP contribution in [0.4, 0.5) is 0 Å². The highest BCUT2D eigenvalue weighted by atomic mass is 32.2. The van der Waals surface area contributed by atoms with Gasteiger partial charge in [0, 0.05) is 23.4 Å². The van der Waals surface area contributed by atoms with Gasteiger partial charge < -0.3 is 10.1 Å². The van der Waals surface area contributed by atoms with E-state index in [-0.39, 0.29) is 4.75 Å². The second-order valence-corrected chi connectivity index (χ2v) is 5.89. The van der Waals surface area contributed by atoms with Gasteiger partial charge in [0.2, 0.25) is 0 Å². The molecule has 0 aliphatic heterocycles. The van der Waals surface area contributed by atoms with Gasteiger partial charge in [0.05, 0.1) is 7.11 Å². The summed E-state index contributed by atoms with van der Waals surface area (Å²) in [4.78, 5) is 0. The molecule has 0 bridgehead atoms. The Hall–Kier alpha value is -0.670. The lowest BCUT2D eigenvalue weighted by Gasteiger charge is -2.22. The van der Waals surface area contributed by atoms with Gasteiger partial charge in [-0.3, -0.25) is 0 Å². The van der Waals surface area contributed by atoms with Gasteiger partial charge in [-0.1, -0.05) is 18.2 Å². The zero-order valence-electron chi connectivity index (χ0n) is 10.5. The van der Waals surface area contributed by atoms with Crippen LogP contribution in [0.2, 0.25) is 0 Å². The van der Waals surface area contributed by atoms with Crippen molar-refractivity contribution in [1.82, 2.24) is 5.32 Å². The van der Waals surface area contributed by atoms with Crippen molar-refractivity contribution < 1.29 is 4.74 Å². The second-order valence-electron chi connectivity index (χ2n) is 4.38. The molecule has 0 saturated heterocycles. The van der Waals surface area contributed by atoms with Crippen LogP contribution in [0.1, 0.15) is 19.4 Å². The van der Waals surface area contributed by atoms with Crippen LogP contribution in [0.3, 0.4) is 0 Å². The number of thioether (sulfide) groups is 1. The van der Waals surface area contributed by atoms with Gasteiger partial charge in [-0.25, -0.2) is 0 Å². The molecule has 16 heavy (non-hydrogen) atoms. The fourth-order valence-corrected chi connectivity index (χ4v) is 1.67. The molecule has 0 radical (unpaired) electrons. The number of nitrogens with one attached hydrogen (secondary N) is 1. The summed E-state index contributed by atoms with van der Waals surface area (Å²) in [5.74, 6) is 0.956. The third-order valence-electron chi connectivity index (χ3n) is 2.61. The van der Waals surface area contributed by atoms with E-state index in [1.165, 1.54) is 5.56 Å². The Morgan fingerprint density at radius 1 is 1.31 bits per heavy atom. The number of benzene rings is 1. The van der Waals surface area contributed by atoms with E-state index in [0.29, 0.717) is 0 Å². The maximum Gasteiger partial charge on any atom is 0.123 e. The van der Waals surface area contributed by atoms with Crippen molar-refractivity contribution in [3.05, 3.63) is 29.8 Å². The van der Waals surface area contributed by atoms with Gasteiger partial charge in [-0.2, -0.15) is 11.8 Å². The first-order valence-electron chi connectivity index (χ1n) is 5.47. The molecule has 0 aromatic heterocycles. The van der Waals surface area contributed by atoms with E-state index < -0.39 is 0 Å². The van der Waals surface area contributed by atoms with Gasteiger partial charge >= 0.3 is 0 Å². The Morgan fingerprint density at radius 3 is 2.62 bits per heavy atom. The average Bonchev–Trinajstić information content (AvgIpc) is 2.29. The van der Waals surface area contributed by atoms with Gasteiger partial charge in [-0.15, -0.1) is 0 Å². The minimum Gasteiger partial charge on any atom is -0.496 e. The lowest BCUT2D eigenvalue weighted by molar-refractivity contribution is 0.407. The van der Waals surface area contributed by atoms with Crippen molar-refractivity contribution in [3.63, 3.8) is 0 Å². The van der Waals surface area contributed by atoms with E-state index >= 15 is 0 Å². The molecular formula is C13H21NOS. The highest BCUT2D eigenvalue weighted by Crippen LogP contribution is 2.21. The number of para-hydroxylation sites is 1. The zero-order chi connectivity index (χ0) is 12.0. The number of hydrogen-bond acceptors (Lipinski definition) is 3. The summed E-state index contributed by atoms with van der Waals surface area (Å²) in [5, 5.41) is 3.47. The lowest BCUT2D eigenvalue weighted by Crippen LogP contribution is -2.31. The third-order valence-corrected chi connectivity index (χ3v) is 3.86. The van der Waals surface area contributed by atoms with E-state index in [1.54, 1.807) is 7.11 Å². The summed E-state index contributed by atoms with van der Waals surface area (Å²) in [6.07, 6.45) is 2.14. The fourth-order valence-electron chi connectivity index (χ4n) is 1.42. The van der Waals surface area contributed by atoms with Crippen LogP contribution >= 0.6 is 11.8 Å². The number of methoxy groups -OCH3 is 1. The van der Waals surface area contributed by atoms with E-state index in [1.807, 2.05) is 30.0 Å². The maximum atomic E-state index is 5.31. The summed E-state index contributed by atoms with van der Waals surface area (Å²) in [6.45, 7) is 6.33. The van der Waals surface area contributed by atoms with Crippen LogP contribution in [0.5, 0.6) is 5.75 Å². The Labute approximate surface area is 103 Å². The molecular weight excluding hydrogens is 218 g/mol. The SMILES string of the molecule is COc1ccccc1CNCC(C)(C)SC. The van der Waals surface area contributed by atoms with Crippen LogP contribution < -0.4 is 10.1 Å². The van der Waals surface area contributed by atoms with Gasteiger partial charge in [0.1, 0.15) is 5.75 Å². The van der Waals surface area contributed by atoms with Crippen LogP contribution in [0, 0.1) is 0 Å². The first-order valence-corrected chi connectivity index (χ1v) is 6.69. The molecule has 0 heterocycles. The fraction of sp³-hybridized carbons (Fsp3) is 0.538. The minimum absolute atomic E-state index is 0.280. The molecule has 0 spiro atoms. The van der Waals surface area contributed by atoms with Crippen LogP contribution in [0.25, 0.3) is 0 Å². The molecule has 1 N–H and O–H groups in total.